The highest BCUT2D eigenvalue weighted by atomic mass is 35.5. The number of carbonyl (C=O) groups is 2. The van der Waals surface area contributed by atoms with Gasteiger partial charge in [0.05, 0.1) is 11.3 Å². The first-order chi connectivity index (χ1) is 15.5. The summed E-state index contributed by atoms with van der Waals surface area (Å²) in [5.74, 6) is -1.22. The highest BCUT2D eigenvalue weighted by molar-refractivity contribution is 6.46. The predicted molar refractivity (Wildman–Crippen MR) is 123 cm³/mol. The molecule has 2 amide bonds. The van der Waals surface area contributed by atoms with Crippen LogP contribution in [0.25, 0.3) is 5.57 Å². The molecular formula is C26H20ClFN2O2. The minimum Gasteiger partial charge on any atom is -0.362 e. The van der Waals surface area contributed by atoms with E-state index in [9.17, 15) is 14.0 Å². The van der Waals surface area contributed by atoms with E-state index < -0.39 is 11.7 Å². The van der Waals surface area contributed by atoms with Crippen LogP contribution in [0, 0.1) is 12.7 Å². The van der Waals surface area contributed by atoms with Crippen LogP contribution in [-0.4, -0.2) is 23.3 Å². The Balaban J connectivity index is 1.64. The predicted octanol–water partition coefficient (Wildman–Crippen LogP) is 5.13. The smallest absolute Gasteiger partial charge is 0.282 e. The number of halogens is 2. The molecule has 0 unspecified atom stereocenters. The van der Waals surface area contributed by atoms with Crippen molar-refractivity contribution in [1.82, 2.24) is 4.90 Å². The van der Waals surface area contributed by atoms with E-state index >= 15 is 0 Å². The first kappa shape index (κ1) is 20.5. The van der Waals surface area contributed by atoms with Gasteiger partial charge in [-0.15, -0.1) is 0 Å². The number of carbonyl (C=O) groups excluding carboxylic acids is 2. The molecular weight excluding hydrogens is 427 g/mol. The van der Waals surface area contributed by atoms with Gasteiger partial charge in [0.2, 0.25) is 0 Å². The van der Waals surface area contributed by atoms with Gasteiger partial charge >= 0.3 is 0 Å². The monoisotopic (exact) mass is 446 g/mol. The van der Waals surface area contributed by atoms with Gasteiger partial charge in [-0.05, 0) is 59.9 Å². The lowest BCUT2D eigenvalue weighted by molar-refractivity contribution is -0.120. The molecule has 0 atom stereocenters. The van der Waals surface area contributed by atoms with Crippen LogP contribution in [0.3, 0.4) is 0 Å². The summed E-state index contributed by atoms with van der Waals surface area (Å²) < 4.78 is 13.6. The molecule has 32 heavy (non-hydrogen) atoms. The molecule has 0 bridgehead atoms. The van der Waals surface area contributed by atoms with E-state index in [1.165, 1.54) is 22.6 Å². The quantitative estimate of drug-likeness (QED) is 0.524. The fraction of sp³-hybridized carbons (Fsp3) is 0.154. The number of anilines is 1. The Morgan fingerprint density at radius 2 is 1.59 bits per heavy atom. The molecule has 2 heterocycles. The number of hydrogen-bond donors (Lipinski definition) is 0. The molecule has 4 nitrogen and oxygen atoms in total. The summed E-state index contributed by atoms with van der Waals surface area (Å²) in [7, 11) is 0. The third-order valence-corrected chi connectivity index (χ3v) is 6.53. The first-order valence-corrected chi connectivity index (χ1v) is 10.8. The van der Waals surface area contributed by atoms with Gasteiger partial charge in [0.25, 0.3) is 11.8 Å². The van der Waals surface area contributed by atoms with Crippen LogP contribution >= 0.6 is 11.6 Å². The average molecular weight is 447 g/mol. The molecule has 0 saturated carbocycles. The molecule has 160 valence electrons. The summed E-state index contributed by atoms with van der Waals surface area (Å²) in [6, 6.07) is 19.0. The topological polar surface area (TPSA) is 40.6 Å². The molecule has 0 aromatic heterocycles. The van der Waals surface area contributed by atoms with Crippen LogP contribution < -0.4 is 4.90 Å². The number of hydrogen-bond acceptors (Lipinski definition) is 3. The average Bonchev–Trinajstić information content (AvgIpc) is 3.06. The highest BCUT2D eigenvalue weighted by Crippen LogP contribution is 2.38. The zero-order chi connectivity index (χ0) is 22.4. The lowest BCUT2D eigenvalue weighted by Crippen LogP contribution is -2.37. The Kier molecular flexibility index (Phi) is 5.06. The summed E-state index contributed by atoms with van der Waals surface area (Å²) in [6.45, 7) is 2.92. The molecule has 2 aliphatic rings. The molecule has 0 spiro atoms. The molecule has 3 aromatic rings. The maximum absolute atomic E-state index is 13.7. The number of amides is 2. The van der Waals surface area contributed by atoms with Gasteiger partial charge in [-0.25, -0.2) is 9.29 Å². The molecule has 0 saturated heterocycles. The second-order valence-electron chi connectivity index (χ2n) is 8.00. The Labute approximate surface area is 190 Å². The van der Waals surface area contributed by atoms with E-state index in [2.05, 4.69) is 6.07 Å². The molecule has 0 aliphatic carbocycles. The van der Waals surface area contributed by atoms with Gasteiger partial charge in [0, 0.05) is 18.1 Å². The van der Waals surface area contributed by atoms with Crippen molar-refractivity contribution in [3.63, 3.8) is 0 Å². The normalized spacial score (nSPS) is 16.1. The molecule has 6 heteroatoms. The fourth-order valence-electron chi connectivity index (χ4n) is 4.43. The van der Waals surface area contributed by atoms with Crippen molar-refractivity contribution in [2.45, 2.75) is 19.9 Å². The van der Waals surface area contributed by atoms with Crippen molar-refractivity contribution in [3.8, 4) is 0 Å². The van der Waals surface area contributed by atoms with E-state index in [-0.39, 0.29) is 11.5 Å². The summed E-state index contributed by atoms with van der Waals surface area (Å²) in [6.07, 6.45) is 0.772. The van der Waals surface area contributed by atoms with E-state index in [4.69, 9.17) is 11.6 Å². The van der Waals surface area contributed by atoms with Crippen LogP contribution in [-0.2, 0) is 22.6 Å². The van der Waals surface area contributed by atoms with Gasteiger partial charge in [-0.3, -0.25) is 9.59 Å². The lowest BCUT2D eigenvalue weighted by atomic mass is 9.98. The van der Waals surface area contributed by atoms with Crippen molar-refractivity contribution in [3.05, 3.63) is 106 Å². The van der Waals surface area contributed by atoms with Crippen molar-refractivity contribution < 1.29 is 14.0 Å². The zero-order valence-corrected chi connectivity index (χ0v) is 18.2. The van der Waals surface area contributed by atoms with Crippen LogP contribution in [0.5, 0.6) is 0 Å². The Hall–Kier alpha value is -3.44. The molecule has 2 aliphatic heterocycles. The number of benzene rings is 3. The lowest BCUT2D eigenvalue weighted by Gasteiger charge is -2.31. The maximum Gasteiger partial charge on any atom is 0.282 e. The summed E-state index contributed by atoms with van der Waals surface area (Å²) in [5, 5.41) is 0.479. The van der Waals surface area contributed by atoms with Crippen LogP contribution in [0.15, 0.2) is 72.4 Å². The minimum absolute atomic E-state index is 0.286. The molecule has 3 aromatic carbocycles. The Morgan fingerprint density at radius 1 is 0.875 bits per heavy atom. The van der Waals surface area contributed by atoms with Crippen molar-refractivity contribution >= 4 is 34.7 Å². The second kappa shape index (κ2) is 7.92. The summed E-state index contributed by atoms with van der Waals surface area (Å²) in [5.41, 5.74) is 4.62. The van der Waals surface area contributed by atoms with Crippen molar-refractivity contribution in [2.24, 2.45) is 0 Å². The third-order valence-electron chi connectivity index (χ3n) is 6.12. The van der Waals surface area contributed by atoms with Crippen LogP contribution in [0.1, 0.15) is 22.3 Å². The van der Waals surface area contributed by atoms with E-state index in [1.807, 2.05) is 23.1 Å². The summed E-state index contributed by atoms with van der Waals surface area (Å²) in [4.78, 5) is 30.5. The van der Waals surface area contributed by atoms with Crippen LogP contribution in [0.4, 0.5) is 10.1 Å². The van der Waals surface area contributed by atoms with E-state index in [0.29, 0.717) is 40.6 Å². The molecule has 0 fully saturated rings. The Morgan fingerprint density at radius 3 is 2.34 bits per heavy atom. The minimum atomic E-state index is -0.430. The SMILES string of the molecule is Cc1c(Cl)cccc1N1C(=O)C(c2ccc(F)cc2)=C(N2CCc3ccccc3C2)C1=O. The van der Waals surface area contributed by atoms with Gasteiger partial charge in [0.1, 0.15) is 11.5 Å². The first-order valence-electron chi connectivity index (χ1n) is 10.4. The van der Waals surface area contributed by atoms with Gasteiger partial charge < -0.3 is 4.90 Å². The largest absolute Gasteiger partial charge is 0.362 e. The van der Waals surface area contributed by atoms with Gasteiger partial charge in [0.15, 0.2) is 0 Å². The third kappa shape index (κ3) is 3.30. The standard InChI is InChI=1S/C26H20ClFN2O2/c1-16-21(27)7-4-8-22(16)30-25(31)23(18-9-11-20(28)12-10-18)24(26(30)32)29-14-13-17-5-2-3-6-19(17)15-29/h2-12H,13-15H2,1H3. The van der Waals surface area contributed by atoms with Crippen molar-refractivity contribution in [2.75, 3.05) is 11.4 Å². The molecule has 0 radical (unpaired) electrons. The second-order valence-corrected chi connectivity index (χ2v) is 8.41. The van der Waals surface area contributed by atoms with Gasteiger partial charge in [-0.2, -0.15) is 0 Å². The maximum atomic E-state index is 13.7. The Bertz CT molecular complexity index is 1280. The summed E-state index contributed by atoms with van der Waals surface area (Å²) >= 11 is 6.28. The number of nitrogens with zero attached hydrogens (tertiary/aromatic N) is 2. The van der Waals surface area contributed by atoms with Crippen molar-refractivity contribution in [1.29, 1.82) is 0 Å². The molecule has 0 N–H and O–H groups in total. The zero-order valence-electron chi connectivity index (χ0n) is 17.4. The highest BCUT2D eigenvalue weighted by Gasteiger charge is 2.43. The fourth-order valence-corrected chi connectivity index (χ4v) is 4.60. The number of fused-ring (bicyclic) bond motifs is 1. The van der Waals surface area contributed by atoms with Gasteiger partial charge in [-0.1, -0.05) is 54.1 Å². The van der Waals surface area contributed by atoms with Crippen LogP contribution in [0.2, 0.25) is 5.02 Å². The van der Waals surface area contributed by atoms with E-state index in [0.717, 1.165) is 12.0 Å². The van der Waals surface area contributed by atoms with E-state index in [1.54, 1.807) is 37.3 Å². The molecule has 5 rings (SSSR count). The number of imide groups is 1. The number of rotatable bonds is 3.